The second-order valence-corrected chi connectivity index (χ2v) is 7.58. The summed E-state index contributed by atoms with van der Waals surface area (Å²) in [5.41, 5.74) is -0.159. The molecule has 4 aromatic rings. The first-order valence-electron chi connectivity index (χ1n) is 8.36. The zero-order valence-corrected chi connectivity index (χ0v) is 16.4. The first-order valence-corrected chi connectivity index (χ1v) is 9.55. The number of hydrogen-bond donors (Lipinski definition) is 0. The van der Waals surface area contributed by atoms with Crippen LogP contribution in [0.15, 0.2) is 60.9 Å². The van der Waals surface area contributed by atoms with E-state index in [1.54, 1.807) is 12.1 Å². The second kappa shape index (κ2) is 7.54. The average molecular weight is 451 g/mol. The predicted octanol–water partition coefficient (Wildman–Crippen LogP) is 6.24. The molecule has 6 nitrogen and oxygen atoms in total. The van der Waals surface area contributed by atoms with Gasteiger partial charge in [0.05, 0.1) is 21.7 Å². The number of nitro benzene ring substituents is 1. The summed E-state index contributed by atoms with van der Waals surface area (Å²) in [6.07, 6.45) is -2.36. The van der Waals surface area contributed by atoms with Gasteiger partial charge in [0.2, 0.25) is 5.13 Å². The highest BCUT2D eigenvalue weighted by Crippen LogP contribution is 2.39. The number of alkyl halides is 3. The summed E-state index contributed by atoms with van der Waals surface area (Å²) in [5.74, 6) is 0. The lowest BCUT2D eigenvalue weighted by Gasteiger charge is -2.10. The third-order valence-electron chi connectivity index (χ3n) is 4.23. The molecule has 0 aliphatic heterocycles. The molecule has 0 aliphatic rings. The summed E-state index contributed by atoms with van der Waals surface area (Å²) in [5, 5.41) is 15.3. The third-order valence-corrected chi connectivity index (χ3v) is 5.50. The summed E-state index contributed by atoms with van der Waals surface area (Å²) >= 11 is 6.98. The van der Waals surface area contributed by atoms with E-state index in [4.69, 9.17) is 11.6 Å². The normalized spacial score (nSPS) is 11.6. The highest BCUT2D eigenvalue weighted by molar-refractivity contribution is 7.17. The standard InChI is InChI=1S/C19H10ClF3N4O2S/c20-13-5-1-12(2-6-13)17-15(19(21,22)23)9-25-26(17)18-24-10-16(30-18)11-3-7-14(8-4-11)27(28)29/h1-10H. The lowest BCUT2D eigenvalue weighted by molar-refractivity contribution is -0.384. The van der Waals surface area contributed by atoms with E-state index in [0.29, 0.717) is 15.5 Å². The molecule has 0 bridgehead atoms. The number of rotatable bonds is 4. The molecule has 0 radical (unpaired) electrons. The van der Waals surface area contributed by atoms with Crippen molar-refractivity contribution in [2.75, 3.05) is 0 Å². The molecular formula is C19H10ClF3N4O2S. The molecule has 0 spiro atoms. The van der Waals surface area contributed by atoms with Crippen LogP contribution in [0.2, 0.25) is 5.02 Å². The first kappa shape index (κ1) is 20.0. The van der Waals surface area contributed by atoms with Crippen molar-refractivity contribution < 1.29 is 18.1 Å². The molecule has 2 aromatic heterocycles. The van der Waals surface area contributed by atoms with Gasteiger partial charge in [0, 0.05) is 28.9 Å². The largest absolute Gasteiger partial charge is 0.420 e. The minimum absolute atomic E-state index is 0.0598. The van der Waals surface area contributed by atoms with Gasteiger partial charge in [0.25, 0.3) is 5.69 Å². The molecule has 30 heavy (non-hydrogen) atoms. The fourth-order valence-corrected chi connectivity index (χ4v) is 3.84. The number of hydrogen-bond acceptors (Lipinski definition) is 5. The molecule has 0 saturated carbocycles. The van der Waals surface area contributed by atoms with Gasteiger partial charge in [-0.25, -0.2) is 9.67 Å². The van der Waals surface area contributed by atoms with Gasteiger partial charge in [-0.3, -0.25) is 10.1 Å². The van der Waals surface area contributed by atoms with Gasteiger partial charge in [0.1, 0.15) is 5.56 Å². The van der Waals surface area contributed by atoms with Gasteiger partial charge in [-0.2, -0.15) is 18.3 Å². The molecule has 0 aliphatic carbocycles. The fourth-order valence-electron chi connectivity index (χ4n) is 2.83. The van der Waals surface area contributed by atoms with Gasteiger partial charge < -0.3 is 0 Å². The molecule has 152 valence electrons. The molecule has 0 saturated heterocycles. The Morgan fingerprint density at radius 3 is 2.23 bits per heavy atom. The Labute approximate surface area is 176 Å². The SMILES string of the molecule is O=[N+]([O-])c1ccc(-c2cnc(-n3ncc(C(F)(F)F)c3-c3ccc(Cl)cc3)s2)cc1. The quantitative estimate of drug-likeness (QED) is 0.272. The van der Waals surface area contributed by atoms with Crippen LogP contribution in [0.4, 0.5) is 18.9 Å². The van der Waals surface area contributed by atoms with E-state index in [0.717, 1.165) is 22.2 Å². The van der Waals surface area contributed by atoms with E-state index >= 15 is 0 Å². The van der Waals surface area contributed by atoms with Crippen molar-refractivity contribution in [3.05, 3.63) is 81.6 Å². The number of non-ortho nitro benzene ring substituents is 1. The van der Waals surface area contributed by atoms with Crippen molar-refractivity contribution in [2.45, 2.75) is 6.18 Å². The summed E-state index contributed by atoms with van der Waals surface area (Å²) in [4.78, 5) is 15.1. The van der Waals surface area contributed by atoms with Crippen molar-refractivity contribution in [1.82, 2.24) is 14.8 Å². The fraction of sp³-hybridized carbons (Fsp3) is 0.0526. The van der Waals surface area contributed by atoms with E-state index in [9.17, 15) is 23.3 Å². The minimum atomic E-state index is -4.61. The highest BCUT2D eigenvalue weighted by atomic mass is 35.5. The van der Waals surface area contributed by atoms with E-state index in [2.05, 4.69) is 10.1 Å². The van der Waals surface area contributed by atoms with E-state index in [-0.39, 0.29) is 22.1 Å². The van der Waals surface area contributed by atoms with E-state index in [1.807, 2.05) is 0 Å². The second-order valence-electron chi connectivity index (χ2n) is 6.13. The van der Waals surface area contributed by atoms with Crippen molar-refractivity contribution in [3.8, 4) is 26.8 Å². The van der Waals surface area contributed by atoms with Gasteiger partial charge in [0.15, 0.2) is 0 Å². The Hall–Kier alpha value is -3.24. The van der Waals surface area contributed by atoms with Crippen LogP contribution < -0.4 is 0 Å². The maximum absolute atomic E-state index is 13.6. The Morgan fingerprint density at radius 1 is 1.00 bits per heavy atom. The molecule has 0 unspecified atom stereocenters. The molecule has 11 heteroatoms. The van der Waals surface area contributed by atoms with Crippen LogP contribution in [0.1, 0.15) is 5.56 Å². The lowest BCUT2D eigenvalue weighted by atomic mass is 10.1. The Morgan fingerprint density at radius 2 is 1.63 bits per heavy atom. The summed E-state index contributed by atoms with van der Waals surface area (Å²) in [6.45, 7) is 0. The number of aromatic nitrogens is 3. The lowest BCUT2D eigenvalue weighted by Crippen LogP contribution is -2.07. The smallest absolute Gasteiger partial charge is 0.258 e. The average Bonchev–Trinajstić information content (AvgIpc) is 3.35. The Balaban J connectivity index is 1.79. The van der Waals surface area contributed by atoms with E-state index < -0.39 is 16.7 Å². The number of halogens is 4. The van der Waals surface area contributed by atoms with Crippen LogP contribution in [-0.2, 0) is 6.18 Å². The maximum Gasteiger partial charge on any atom is 0.420 e. The first-order chi connectivity index (χ1) is 14.2. The molecular weight excluding hydrogens is 441 g/mol. The van der Waals surface area contributed by atoms with Crippen LogP contribution in [-0.4, -0.2) is 19.7 Å². The number of benzene rings is 2. The van der Waals surface area contributed by atoms with E-state index in [1.165, 1.54) is 42.6 Å². The van der Waals surface area contributed by atoms with Gasteiger partial charge >= 0.3 is 6.18 Å². The summed E-state index contributed by atoms with van der Waals surface area (Å²) in [7, 11) is 0. The van der Waals surface area contributed by atoms with Crippen molar-refractivity contribution in [2.24, 2.45) is 0 Å². The zero-order valence-electron chi connectivity index (χ0n) is 14.8. The number of nitrogens with zero attached hydrogens (tertiary/aromatic N) is 4. The maximum atomic E-state index is 13.6. The highest BCUT2D eigenvalue weighted by Gasteiger charge is 2.37. The summed E-state index contributed by atoms with van der Waals surface area (Å²) in [6, 6.07) is 11.8. The number of nitro groups is 1. The summed E-state index contributed by atoms with van der Waals surface area (Å²) < 4.78 is 41.8. The molecule has 0 atom stereocenters. The van der Waals surface area contributed by atoms with Crippen LogP contribution in [0.5, 0.6) is 0 Å². The van der Waals surface area contributed by atoms with Crippen LogP contribution >= 0.6 is 22.9 Å². The van der Waals surface area contributed by atoms with Gasteiger partial charge in [-0.15, -0.1) is 0 Å². The topological polar surface area (TPSA) is 73.8 Å². The van der Waals surface area contributed by atoms with Crippen molar-refractivity contribution in [3.63, 3.8) is 0 Å². The van der Waals surface area contributed by atoms with Crippen molar-refractivity contribution >= 4 is 28.6 Å². The van der Waals surface area contributed by atoms with Crippen molar-refractivity contribution in [1.29, 1.82) is 0 Å². The van der Waals surface area contributed by atoms with Crippen LogP contribution in [0, 0.1) is 10.1 Å². The molecule has 0 fully saturated rings. The molecule has 0 N–H and O–H groups in total. The minimum Gasteiger partial charge on any atom is -0.258 e. The Kier molecular flexibility index (Phi) is 5.04. The monoisotopic (exact) mass is 450 g/mol. The molecule has 2 aromatic carbocycles. The Bertz CT molecular complexity index is 1220. The third kappa shape index (κ3) is 3.79. The molecule has 0 amide bonds. The predicted molar refractivity (Wildman–Crippen MR) is 107 cm³/mol. The van der Waals surface area contributed by atoms with Crippen LogP contribution in [0.25, 0.3) is 26.8 Å². The van der Waals surface area contributed by atoms with Crippen LogP contribution in [0.3, 0.4) is 0 Å². The molecule has 4 rings (SSSR count). The van der Waals surface area contributed by atoms with Gasteiger partial charge in [-0.1, -0.05) is 35.1 Å². The zero-order chi connectivity index (χ0) is 21.5. The van der Waals surface area contributed by atoms with Gasteiger partial charge in [-0.05, 0) is 29.8 Å². The molecule has 2 heterocycles. The number of thiazole rings is 1.